The molecule has 1 N–H and O–H groups in total. The Morgan fingerprint density at radius 2 is 1.21 bits per heavy atom. The average Bonchev–Trinajstić information content (AvgIpc) is 2.16. The van der Waals surface area contributed by atoms with Gasteiger partial charge >= 0.3 is 0 Å². The highest BCUT2D eigenvalue weighted by Gasteiger charge is 2.14. The van der Waals surface area contributed by atoms with Gasteiger partial charge in [-0.25, -0.2) is 0 Å². The Hall–Kier alpha value is -0.400. The molecule has 78 valence electrons. The van der Waals surface area contributed by atoms with E-state index in [1.165, 1.54) is 0 Å². The van der Waals surface area contributed by atoms with Gasteiger partial charge < -0.3 is 5.11 Å². The van der Waals surface area contributed by atoms with E-state index in [0.717, 1.165) is 27.8 Å². The van der Waals surface area contributed by atoms with E-state index in [4.69, 9.17) is 23.2 Å². The van der Waals surface area contributed by atoms with Crippen molar-refractivity contribution in [3.63, 3.8) is 0 Å². The molecule has 0 bridgehead atoms. The summed E-state index contributed by atoms with van der Waals surface area (Å²) in [6.45, 7) is 5.75. The standard InChI is InChI=1S/C11H14Cl2O/c1-6-9(4-12)7(2)11(14)8(3)10(6)5-13/h14H,4-5H2,1-3H3. The Labute approximate surface area is 94.7 Å². The summed E-state index contributed by atoms with van der Waals surface area (Å²) in [7, 11) is 0. The van der Waals surface area contributed by atoms with Crippen molar-refractivity contribution in [3.8, 4) is 5.75 Å². The summed E-state index contributed by atoms with van der Waals surface area (Å²) in [4.78, 5) is 0. The van der Waals surface area contributed by atoms with E-state index in [0.29, 0.717) is 17.5 Å². The number of phenols is 1. The van der Waals surface area contributed by atoms with Crippen LogP contribution in [0.25, 0.3) is 0 Å². The summed E-state index contributed by atoms with van der Waals surface area (Å²) < 4.78 is 0. The number of alkyl halides is 2. The lowest BCUT2D eigenvalue weighted by Crippen LogP contribution is -1.99. The molecule has 0 aromatic heterocycles. The lowest BCUT2D eigenvalue weighted by atomic mass is 9.94. The van der Waals surface area contributed by atoms with Crippen molar-refractivity contribution in [1.82, 2.24) is 0 Å². The molecular formula is C11H14Cl2O. The topological polar surface area (TPSA) is 20.2 Å². The van der Waals surface area contributed by atoms with Crippen LogP contribution < -0.4 is 0 Å². The summed E-state index contributed by atoms with van der Waals surface area (Å²) in [5.41, 5.74) is 4.81. The summed E-state index contributed by atoms with van der Waals surface area (Å²) in [6.07, 6.45) is 0. The minimum Gasteiger partial charge on any atom is -0.507 e. The molecule has 0 amide bonds. The van der Waals surface area contributed by atoms with Gasteiger partial charge in [0.25, 0.3) is 0 Å². The van der Waals surface area contributed by atoms with Crippen LogP contribution in [-0.4, -0.2) is 5.11 Å². The fraction of sp³-hybridized carbons (Fsp3) is 0.455. The molecule has 0 atom stereocenters. The lowest BCUT2D eigenvalue weighted by Gasteiger charge is -2.16. The first-order valence-corrected chi connectivity index (χ1v) is 5.53. The van der Waals surface area contributed by atoms with Crippen molar-refractivity contribution in [2.24, 2.45) is 0 Å². The Morgan fingerprint density at radius 3 is 1.50 bits per heavy atom. The average molecular weight is 233 g/mol. The summed E-state index contributed by atoms with van der Waals surface area (Å²) >= 11 is 11.7. The summed E-state index contributed by atoms with van der Waals surface area (Å²) in [5.74, 6) is 1.15. The second-order valence-electron chi connectivity index (χ2n) is 3.45. The molecule has 0 fully saturated rings. The van der Waals surface area contributed by atoms with E-state index in [2.05, 4.69) is 0 Å². The first-order chi connectivity index (χ1) is 6.54. The van der Waals surface area contributed by atoms with E-state index in [9.17, 15) is 5.11 Å². The SMILES string of the molecule is Cc1c(O)c(C)c(CCl)c(C)c1CCl. The predicted molar refractivity (Wildman–Crippen MR) is 61.4 cm³/mol. The molecule has 0 aliphatic rings. The zero-order chi connectivity index (χ0) is 10.9. The van der Waals surface area contributed by atoms with Crippen molar-refractivity contribution < 1.29 is 5.11 Å². The quantitative estimate of drug-likeness (QED) is 0.770. The minimum absolute atomic E-state index is 0.321. The Bertz CT molecular complexity index is 328. The third kappa shape index (κ3) is 1.71. The number of phenolic OH excluding ortho intramolecular Hbond substituents is 1. The zero-order valence-corrected chi connectivity index (χ0v) is 10.1. The molecule has 0 saturated carbocycles. The Kier molecular flexibility index (Phi) is 3.68. The molecule has 1 aromatic carbocycles. The van der Waals surface area contributed by atoms with Gasteiger partial charge in [0.15, 0.2) is 0 Å². The van der Waals surface area contributed by atoms with Gasteiger partial charge in [-0.2, -0.15) is 0 Å². The smallest absolute Gasteiger partial charge is 0.122 e. The molecule has 0 saturated heterocycles. The van der Waals surface area contributed by atoms with Gasteiger partial charge in [-0.1, -0.05) is 0 Å². The number of hydrogen-bond donors (Lipinski definition) is 1. The van der Waals surface area contributed by atoms with Crippen LogP contribution in [0.15, 0.2) is 0 Å². The highest BCUT2D eigenvalue weighted by molar-refractivity contribution is 6.18. The van der Waals surface area contributed by atoms with Gasteiger partial charge in [0.2, 0.25) is 0 Å². The maximum absolute atomic E-state index is 9.84. The molecule has 0 unspecified atom stereocenters. The van der Waals surface area contributed by atoms with Crippen LogP contribution in [0.5, 0.6) is 5.75 Å². The third-order valence-electron chi connectivity index (χ3n) is 2.79. The van der Waals surface area contributed by atoms with E-state index in [1.807, 2.05) is 20.8 Å². The number of halogens is 2. The Morgan fingerprint density at radius 1 is 0.857 bits per heavy atom. The summed E-state index contributed by atoms with van der Waals surface area (Å²) in [6, 6.07) is 0. The molecule has 0 radical (unpaired) electrons. The van der Waals surface area contributed by atoms with Gasteiger partial charge in [-0.05, 0) is 48.6 Å². The molecule has 3 heteroatoms. The number of rotatable bonds is 2. The molecule has 0 spiro atoms. The van der Waals surface area contributed by atoms with Gasteiger partial charge in [-0.3, -0.25) is 0 Å². The van der Waals surface area contributed by atoms with E-state index < -0.39 is 0 Å². The van der Waals surface area contributed by atoms with Crippen LogP contribution in [0.3, 0.4) is 0 Å². The Balaban J connectivity index is 3.56. The van der Waals surface area contributed by atoms with Gasteiger partial charge in [0, 0.05) is 11.8 Å². The molecule has 14 heavy (non-hydrogen) atoms. The van der Waals surface area contributed by atoms with Crippen LogP contribution in [0.4, 0.5) is 0 Å². The third-order valence-corrected chi connectivity index (χ3v) is 3.32. The van der Waals surface area contributed by atoms with Crippen molar-refractivity contribution in [2.45, 2.75) is 32.5 Å². The normalized spacial score (nSPS) is 10.6. The molecule has 0 aliphatic carbocycles. The zero-order valence-electron chi connectivity index (χ0n) is 8.62. The van der Waals surface area contributed by atoms with Crippen molar-refractivity contribution in [1.29, 1.82) is 0 Å². The van der Waals surface area contributed by atoms with Crippen molar-refractivity contribution >= 4 is 23.2 Å². The minimum atomic E-state index is 0.321. The van der Waals surface area contributed by atoms with E-state index in [-0.39, 0.29) is 0 Å². The number of benzene rings is 1. The van der Waals surface area contributed by atoms with Crippen molar-refractivity contribution in [3.05, 3.63) is 27.8 Å². The molecule has 0 heterocycles. The highest BCUT2D eigenvalue weighted by Crippen LogP contribution is 2.33. The maximum Gasteiger partial charge on any atom is 0.122 e. The first-order valence-electron chi connectivity index (χ1n) is 4.47. The molecule has 1 rings (SSSR count). The van der Waals surface area contributed by atoms with Crippen LogP contribution in [-0.2, 0) is 11.8 Å². The fourth-order valence-electron chi connectivity index (χ4n) is 1.71. The second kappa shape index (κ2) is 4.41. The maximum atomic E-state index is 9.84. The first kappa shape index (κ1) is 11.7. The molecular weight excluding hydrogens is 219 g/mol. The second-order valence-corrected chi connectivity index (χ2v) is 3.98. The van der Waals surface area contributed by atoms with Crippen LogP contribution in [0, 0.1) is 20.8 Å². The van der Waals surface area contributed by atoms with Crippen LogP contribution in [0.2, 0.25) is 0 Å². The van der Waals surface area contributed by atoms with Gasteiger partial charge in [-0.15, -0.1) is 23.2 Å². The number of aromatic hydroxyl groups is 1. The molecule has 1 aromatic rings. The van der Waals surface area contributed by atoms with Crippen LogP contribution >= 0.6 is 23.2 Å². The lowest BCUT2D eigenvalue weighted by molar-refractivity contribution is 0.465. The van der Waals surface area contributed by atoms with Gasteiger partial charge in [0.05, 0.1) is 0 Å². The van der Waals surface area contributed by atoms with E-state index in [1.54, 1.807) is 0 Å². The molecule has 1 nitrogen and oxygen atoms in total. The monoisotopic (exact) mass is 232 g/mol. The van der Waals surface area contributed by atoms with Gasteiger partial charge in [0.1, 0.15) is 5.75 Å². The predicted octanol–water partition coefficient (Wildman–Crippen LogP) is 3.80. The van der Waals surface area contributed by atoms with Crippen molar-refractivity contribution in [2.75, 3.05) is 0 Å². The van der Waals surface area contributed by atoms with E-state index >= 15 is 0 Å². The van der Waals surface area contributed by atoms with Crippen LogP contribution in [0.1, 0.15) is 27.8 Å². The fourth-order valence-corrected chi connectivity index (χ4v) is 2.51. The highest BCUT2D eigenvalue weighted by atomic mass is 35.5. The summed E-state index contributed by atoms with van der Waals surface area (Å²) in [5, 5.41) is 9.84. The largest absolute Gasteiger partial charge is 0.507 e. The molecule has 0 aliphatic heterocycles. The number of hydrogen-bond acceptors (Lipinski definition) is 1.